The van der Waals surface area contributed by atoms with Gasteiger partial charge in [0, 0.05) is 11.8 Å². The van der Waals surface area contributed by atoms with Crippen LogP contribution in [0.4, 0.5) is 8.78 Å². The van der Waals surface area contributed by atoms with E-state index in [-0.39, 0.29) is 0 Å². The van der Waals surface area contributed by atoms with E-state index in [4.69, 9.17) is 4.74 Å². The van der Waals surface area contributed by atoms with Crippen LogP contribution in [0.2, 0.25) is 0 Å². The Morgan fingerprint density at radius 3 is 2.65 bits per heavy atom. The third kappa shape index (κ3) is 3.37. The number of benzene rings is 2. The van der Waals surface area contributed by atoms with Gasteiger partial charge in [-0.25, -0.2) is 13.8 Å². The van der Waals surface area contributed by atoms with Gasteiger partial charge in [-0.1, -0.05) is 30.3 Å². The largest absolute Gasteiger partial charge is 0.481 e. The Kier molecular flexibility index (Phi) is 4.33. The Labute approximate surface area is 133 Å². The van der Waals surface area contributed by atoms with Gasteiger partial charge in [0.15, 0.2) is 11.6 Å². The van der Waals surface area contributed by atoms with E-state index < -0.39 is 11.6 Å². The first-order valence-electron chi connectivity index (χ1n) is 7.10. The van der Waals surface area contributed by atoms with Gasteiger partial charge in [-0.2, -0.15) is 0 Å². The maximum atomic E-state index is 13.5. The molecular formula is C19H14F2NO. The van der Waals surface area contributed by atoms with E-state index >= 15 is 0 Å². The van der Waals surface area contributed by atoms with Crippen LogP contribution in [0, 0.1) is 17.7 Å². The number of methoxy groups -OCH3 is 1. The Morgan fingerprint density at radius 1 is 1.09 bits per heavy atom. The highest BCUT2D eigenvalue weighted by atomic mass is 19.2. The number of pyridine rings is 1. The second-order valence-electron chi connectivity index (χ2n) is 5.12. The molecule has 2 aromatic carbocycles. The van der Waals surface area contributed by atoms with E-state index in [0.29, 0.717) is 23.4 Å². The van der Waals surface area contributed by atoms with E-state index in [1.54, 1.807) is 6.20 Å². The van der Waals surface area contributed by atoms with E-state index in [0.717, 1.165) is 23.3 Å². The fourth-order valence-corrected chi connectivity index (χ4v) is 2.40. The highest BCUT2D eigenvalue weighted by Crippen LogP contribution is 2.30. The quantitative estimate of drug-likeness (QED) is 0.711. The van der Waals surface area contributed by atoms with Crippen LogP contribution in [0.3, 0.4) is 0 Å². The smallest absolute Gasteiger partial charge is 0.221 e. The second kappa shape index (κ2) is 6.57. The normalized spacial score (nSPS) is 10.6. The van der Waals surface area contributed by atoms with Crippen LogP contribution in [-0.2, 0) is 6.42 Å². The highest BCUT2D eigenvalue weighted by molar-refractivity contribution is 5.69. The van der Waals surface area contributed by atoms with Gasteiger partial charge in [-0.3, -0.25) is 0 Å². The molecule has 3 aromatic rings. The monoisotopic (exact) mass is 310 g/mol. The average molecular weight is 310 g/mol. The van der Waals surface area contributed by atoms with Crippen LogP contribution < -0.4 is 4.74 Å². The zero-order chi connectivity index (χ0) is 16.2. The molecule has 0 unspecified atom stereocenters. The maximum absolute atomic E-state index is 13.5. The summed E-state index contributed by atoms with van der Waals surface area (Å²) in [7, 11) is 1.50. The zero-order valence-electron chi connectivity index (χ0n) is 12.5. The molecule has 0 saturated heterocycles. The molecule has 0 spiro atoms. The molecular weight excluding hydrogens is 296 g/mol. The Balaban J connectivity index is 2.00. The lowest BCUT2D eigenvalue weighted by atomic mass is 10.0. The minimum atomic E-state index is -0.896. The second-order valence-corrected chi connectivity index (χ2v) is 5.12. The van der Waals surface area contributed by atoms with E-state index in [1.807, 2.05) is 30.3 Å². The summed E-state index contributed by atoms with van der Waals surface area (Å²) in [5, 5.41) is 0. The van der Waals surface area contributed by atoms with Crippen LogP contribution in [-0.4, -0.2) is 12.1 Å². The lowest BCUT2D eigenvalue weighted by Crippen LogP contribution is -1.96. The number of rotatable bonds is 4. The molecule has 0 aliphatic carbocycles. The molecule has 0 bridgehead atoms. The molecule has 2 nitrogen and oxygen atoms in total. The SMILES string of the molecule is COc1ncc(Cc2c[c]ccc2)cc1-c1ccc(F)c(F)c1. The maximum Gasteiger partial charge on any atom is 0.221 e. The highest BCUT2D eigenvalue weighted by Gasteiger charge is 2.12. The van der Waals surface area contributed by atoms with Gasteiger partial charge in [-0.05, 0) is 47.4 Å². The fraction of sp³-hybridized carbons (Fsp3) is 0.105. The molecule has 0 fully saturated rings. The fourth-order valence-electron chi connectivity index (χ4n) is 2.40. The molecule has 0 saturated carbocycles. The standard InChI is InChI=1S/C19H14F2NO/c1-23-19-16(15-7-8-17(20)18(21)11-15)10-14(12-22-19)9-13-5-3-2-4-6-13/h2-3,5-8,10-12H,9H2,1H3. The predicted molar refractivity (Wildman–Crippen MR) is 84.2 cm³/mol. The molecule has 0 amide bonds. The van der Waals surface area contributed by atoms with Crippen LogP contribution in [0.25, 0.3) is 11.1 Å². The van der Waals surface area contributed by atoms with Crippen molar-refractivity contribution in [1.29, 1.82) is 0 Å². The number of hydrogen-bond acceptors (Lipinski definition) is 2. The van der Waals surface area contributed by atoms with Crippen LogP contribution in [0.5, 0.6) is 5.88 Å². The van der Waals surface area contributed by atoms with Crippen molar-refractivity contribution in [2.45, 2.75) is 6.42 Å². The summed E-state index contributed by atoms with van der Waals surface area (Å²) in [4.78, 5) is 4.27. The van der Waals surface area contributed by atoms with Gasteiger partial charge in [-0.15, -0.1) is 0 Å². The van der Waals surface area contributed by atoms with Gasteiger partial charge in [0.05, 0.1) is 7.11 Å². The van der Waals surface area contributed by atoms with Crippen LogP contribution >= 0.6 is 0 Å². The van der Waals surface area contributed by atoms with Gasteiger partial charge in [0.2, 0.25) is 5.88 Å². The number of ether oxygens (including phenoxy) is 1. The van der Waals surface area contributed by atoms with Gasteiger partial charge in [0.1, 0.15) is 0 Å². The molecule has 0 aliphatic heterocycles. The third-order valence-corrected chi connectivity index (χ3v) is 3.51. The van der Waals surface area contributed by atoms with Crippen molar-refractivity contribution < 1.29 is 13.5 Å². The van der Waals surface area contributed by atoms with Crippen molar-refractivity contribution in [3.05, 3.63) is 83.6 Å². The first-order valence-corrected chi connectivity index (χ1v) is 7.10. The van der Waals surface area contributed by atoms with Gasteiger partial charge >= 0.3 is 0 Å². The lowest BCUT2D eigenvalue weighted by Gasteiger charge is -2.10. The molecule has 23 heavy (non-hydrogen) atoms. The summed E-state index contributed by atoms with van der Waals surface area (Å²) in [6, 6.07) is 16.3. The predicted octanol–water partition coefficient (Wildman–Crippen LogP) is 4.43. The Bertz CT molecular complexity index is 819. The summed E-state index contributed by atoms with van der Waals surface area (Å²) in [5.74, 6) is -1.40. The number of aromatic nitrogens is 1. The zero-order valence-corrected chi connectivity index (χ0v) is 12.5. The van der Waals surface area contributed by atoms with Crippen LogP contribution in [0.15, 0.2) is 54.7 Å². The lowest BCUT2D eigenvalue weighted by molar-refractivity contribution is 0.399. The first-order chi connectivity index (χ1) is 11.2. The number of nitrogens with zero attached hydrogens (tertiary/aromatic N) is 1. The van der Waals surface area contributed by atoms with Crippen molar-refractivity contribution in [3.63, 3.8) is 0 Å². The number of halogens is 2. The van der Waals surface area contributed by atoms with Crippen molar-refractivity contribution in [2.75, 3.05) is 7.11 Å². The van der Waals surface area contributed by atoms with E-state index in [9.17, 15) is 8.78 Å². The minimum absolute atomic E-state index is 0.374. The van der Waals surface area contributed by atoms with E-state index in [1.165, 1.54) is 13.2 Å². The van der Waals surface area contributed by atoms with Gasteiger partial charge in [0.25, 0.3) is 0 Å². The molecule has 0 N–H and O–H groups in total. The third-order valence-electron chi connectivity index (χ3n) is 3.51. The molecule has 4 heteroatoms. The molecule has 1 radical (unpaired) electrons. The Hall–Kier alpha value is -2.75. The van der Waals surface area contributed by atoms with E-state index in [2.05, 4.69) is 11.1 Å². The average Bonchev–Trinajstić information content (AvgIpc) is 2.58. The summed E-state index contributed by atoms with van der Waals surface area (Å²) in [5.41, 5.74) is 3.19. The summed E-state index contributed by atoms with van der Waals surface area (Å²) in [6.45, 7) is 0. The Morgan fingerprint density at radius 2 is 1.96 bits per heavy atom. The van der Waals surface area contributed by atoms with Crippen molar-refractivity contribution >= 4 is 0 Å². The minimum Gasteiger partial charge on any atom is -0.481 e. The summed E-state index contributed by atoms with van der Waals surface area (Å²) >= 11 is 0. The van der Waals surface area contributed by atoms with Crippen LogP contribution in [0.1, 0.15) is 11.1 Å². The van der Waals surface area contributed by atoms with Crippen molar-refractivity contribution in [2.24, 2.45) is 0 Å². The molecule has 0 atom stereocenters. The van der Waals surface area contributed by atoms with Gasteiger partial charge < -0.3 is 4.74 Å². The molecule has 0 aliphatic rings. The molecule has 3 rings (SSSR count). The summed E-state index contributed by atoms with van der Waals surface area (Å²) in [6.07, 6.45) is 2.39. The first kappa shape index (κ1) is 15.2. The molecule has 115 valence electrons. The van der Waals surface area contributed by atoms with Crippen molar-refractivity contribution in [3.8, 4) is 17.0 Å². The molecule has 1 heterocycles. The van der Waals surface area contributed by atoms with Crippen molar-refractivity contribution in [1.82, 2.24) is 4.98 Å². The number of hydrogen-bond donors (Lipinski definition) is 0. The summed E-state index contributed by atoms with van der Waals surface area (Å²) < 4.78 is 31.9. The topological polar surface area (TPSA) is 22.1 Å². The molecule has 1 aromatic heterocycles.